The number of fused-ring (bicyclic) bond motifs is 1. The Morgan fingerprint density at radius 3 is 2.52 bits per heavy atom. The topological polar surface area (TPSA) is 57.2 Å². The van der Waals surface area contributed by atoms with E-state index in [4.69, 9.17) is 10.5 Å². The highest BCUT2D eigenvalue weighted by atomic mass is 16.5. The van der Waals surface area contributed by atoms with E-state index in [-0.39, 0.29) is 11.5 Å². The molecule has 4 nitrogen and oxygen atoms in total. The molecule has 1 aromatic heterocycles. The summed E-state index contributed by atoms with van der Waals surface area (Å²) in [7, 11) is 1.37. The predicted octanol–water partition coefficient (Wildman–Crippen LogP) is 2.75. The summed E-state index contributed by atoms with van der Waals surface area (Å²) in [4.78, 5) is 11.6. The highest BCUT2D eigenvalue weighted by Gasteiger charge is 2.24. The summed E-state index contributed by atoms with van der Waals surface area (Å²) in [6.45, 7) is 8.62. The number of hydrogen-bond acceptors (Lipinski definition) is 3. The molecule has 0 spiro atoms. The first-order valence-electron chi connectivity index (χ1n) is 7.20. The van der Waals surface area contributed by atoms with Crippen molar-refractivity contribution in [1.82, 2.24) is 4.57 Å². The molecule has 1 aromatic carbocycles. The molecule has 0 aliphatic heterocycles. The van der Waals surface area contributed by atoms with Gasteiger partial charge in [0.05, 0.1) is 7.11 Å². The molecule has 2 aromatic rings. The van der Waals surface area contributed by atoms with Crippen LogP contribution in [-0.2, 0) is 21.5 Å². The Hall–Kier alpha value is -1.81. The molecule has 2 N–H and O–H groups in total. The second-order valence-electron chi connectivity index (χ2n) is 6.42. The maximum absolute atomic E-state index is 11.6. The SMILES string of the molecule is COC(=O)[C@@H](N)Cc1c(C)n(C(C)(C)C)c2ccccc12. The van der Waals surface area contributed by atoms with Crippen LogP contribution in [0.25, 0.3) is 10.9 Å². The van der Waals surface area contributed by atoms with E-state index in [0.29, 0.717) is 6.42 Å². The molecule has 0 saturated carbocycles. The summed E-state index contributed by atoms with van der Waals surface area (Å²) in [5.74, 6) is -0.373. The Morgan fingerprint density at radius 1 is 1.33 bits per heavy atom. The second-order valence-corrected chi connectivity index (χ2v) is 6.42. The van der Waals surface area contributed by atoms with E-state index >= 15 is 0 Å². The molecule has 2 rings (SSSR count). The van der Waals surface area contributed by atoms with Crippen molar-refractivity contribution in [3.05, 3.63) is 35.5 Å². The minimum absolute atomic E-state index is 0.0305. The Labute approximate surface area is 125 Å². The fourth-order valence-electron chi connectivity index (χ4n) is 3.01. The Balaban J connectivity index is 2.59. The first kappa shape index (κ1) is 15.6. The summed E-state index contributed by atoms with van der Waals surface area (Å²) in [6, 6.07) is 7.62. The van der Waals surface area contributed by atoms with Crippen molar-refractivity contribution < 1.29 is 9.53 Å². The summed E-state index contributed by atoms with van der Waals surface area (Å²) in [5, 5.41) is 1.16. The Morgan fingerprint density at radius 2 is 1.95 bits per heavy atom. The molecule has 0 fully saturated rings. The van der Waals surface area contributed by atoms with Crippen LogP contribution in [0, 0.1) is 6.92 Å². The maximum atomic E-state index is 11.6. The van der Waals surface area contributed by atoms with Crippen molar-refractivity contribution in [1.29, 1.82) is 0 Å². The van der Waals surface area contributed by atoms with Gasteiger partial charge in [-0.3, -0.25) is 4.79 Å². The minimum Gasteiger partial charge on any atom is -0.468 e. The zero-order valence-electron chi connectivity index (χ0n) is 13.4. The number of benzene rings is 1. The average molecular weight is 288 g/mol. The number of ether oxygens (including phenoxy) is 1. The molecule has 4 heteroatoms. The number of carbonyl (C=O) groups excluding carboxylic acids is 1. The summed E-state index contributed by atoms with van der Waals surface area (Å²) < 4.78 is 7.05. The molecule has 0 unspecified atom stereocenters. The van der Waals surface area contributed by atoms with Crippen molar-refractivity contribution in [2.75, 3.05) is 7.11 Å². The van der Waals surface area contributed by atoms with Gasteiger partial charge in [0, 0.05) is 28.6 Å². The van der Waals surface area contributed by atoms with E-state index in [1.807, 2.05) is 12.1 Å². The van der Waals surface area contributed by atoms with E-state index in [2.05, 4.69) is 44.4 Å². The van der Waals surface area contributed by atoms with Crippen molar-refractivity contribution in [2.45, 2.75) is 45.7 Å². The fourth-order valence-corrected chi connectivity index (χ4v) is 3.01. The lowest BCUT2D eigenvalue weighted by atomic mass is 10.0. The third-order valence-electron chi connectivity index (χ3n) is 3.84. The molecule has 0 saturated heterocycles. The van der Waals surface area contributed by atoms with Gasteiger partial charge in [-0.25, -0.2) is 0 Å². The lowest BCUT2D eigenvalue weighted by Gasteiger charge is -2.25. The van der Waals surface area contributed by atoms with E-state index in [1.54, 1.807) is 0 Å². The first-order chi connectivity index (χ1) is 9.77. The molecule has 0 bridgehead atoms. The van der Waals surface area contributed by atoms with Crippen LogP contribution >= 0.6 is 0 Å². The van der Waals surface area contributed by atoms with Gasteiger partial charge in [0.15, 0.2) is 0 Å². The van der Waals surface area contributed by atoms with Gasteiger partial charge >= 0.3 is 5.97 Å². The Kier molecular flexibility index (Phi) is 4.10. The van der Waals surface area contributed by atoms with Crippen molar-refractivity contribution in [3.8, 4) is 0 Å². The molecule has 0 amide bonds. The van der Waals surface area contributed by atoms with Crippen LogP contribution in [0.2, 0.25) is 0 Å². The number of esters is 1. The fraction of sp³-hybridized carbons (Fsp3) is 0.471. The number of nitrogens with zero attached hydrogens (tertiary/aromatic N) is 1. The zero-order chi connectivity index (χ0) is 15.8. The lowest BCUT2D eigenvalue weighted by molar-refractivity contribution is -0.142. The largest absolute Gasteiger partial charge is 0.468 e. The number of para-hydroxylation sites is 1. The van der Waals surface area contributed by atoms with Gasteiger partial charge in [0.25, 0.3) is 0 Å². The predicted molar refractivity (Wildman–Crippen MR) is 85.4 cm³/mol. The number of hydrogen-bond donors (Lipinski definition) is 1. The molecule has 0 aliphatic carbocycles. The van der Waals surface area contributed by atoms with Crippen LogP contribution in [0.1, 0.15) is 32.0 Å². The van der Waals surface area contributed by atoms with Gasteiger partial charge in [-0.05, 0) is 39.3 Å². The van der Waals surface area contributed by atoms with E-state index in [1.165, 1.54) is 12.6 Å². The number of methoxy groups -OCH3 is 1. The van der Waals surface area contributed by atoms with Crippen molar-refractivity contribution >= 4 is 16.9 Å². The standard InChI is InChI=1S/C17H24N2O2/c1-11-13(10-14(18)16(20)21-5)12-8-6-7-9-15(12)19(11)17(2,3)4/h6-9,14H,10,18H2,1-5H3/t14-/m0/s1. The van der Waals surface area contributed by atoms with Gasteiger partial charge in [-0.1, -0.05) is 18.2 Å². The van der Waals surface area contributed by atoms with Crippen molar-refractivity contribution in [3.63, 3.8) is 0 Å². The van der Waals surface area contributed by atoms with Gasteiger partial charge < -0.3 is 15.0 Å². The number of aromatic nitrogens is 1. The first-order valence-corrected chi connectivity index (χ1v) is 7.20. The highest BCUT2D eigenvalue weighted by Crippen LogP contribution is 2.32. The van der Waals surface area contributed by atoms with Gasteiger partial charge in [-0.2, -0.15) is 0 Å². The molecular formula is C17H24N2O2. The van der Waals surface area contributed by atoms with Crippen LogP contribution in [0.3, 0.4) is 0 Å². The molecule has 0 radical (unpaired) electrons. The van der Waals surface area contributed by atoms with Gasteiger partial charge in [-0.15, -0.1) is 0 Å². The normalized spacial score (nSPS) is 13.4. The smallest absolute Gasteiger partial charge is 0.322 e. The number of nitrogens with two attached hydrogens (primary N) is 1. The van der Waals surface area contributed by atoms with Crippen LogP contribution in [0.5, 0.6) is 0 Å². The zero-order valence-corrected chi connectivity index (χ0v) is 13.4. The van der Waals surface area contributed by atoms with Crippen LogP contribution < -0.4 is 5.73 Å². The molecule has 1 heterocycles. The van der Waals surface area contributed by atoms with Gasteiger partial charge in [0.1, 0.15) is 6.04 Å². The maximum Gasteiger partial charge on any atom is 0.322 e. The van der Waals surface area contributed by atoms with E-state index in [0.717, 1.165) is 16.6 Å². The number of rotatable bonds is 3. The minimum atomic E-state index is -0.632. The summed E-state index contributed by atoms with van der Waals surface area (Å²) >= 11 is 0. The third kappa shape index (κ3) is 2.81. The molecule has 21 heavy (non-hydrogen) atoms. The lowest BCUT2D eigenvalue weighted by Crippen LogP contribution is -2.34. The average Bonchev–Trinajstić information content (AvgIpc) is 2.70. The van der Waals surface area contributed by atoms with Crippen LogP contribution in [0.15, 0.2) is 24.3 Å². The number of carbonyl (C=O) groups is 1. The molecular weight excluding hydrogens is 264 g/mol. The summed E-state index contributed by atoms with van der Waals surface area (Å²) in [5.41, 5.74) is 9.38. The molecule has 0 aliphatic rings. The van der Waals surface area contributed by atoms with Crippen LogP contribution in [0.4, 0.5) is 0 Å². The molecule has 1 atom stereocenters. The highest BCUT2D eigenvalue weighted by molar-refractivity contribution is 5.87. The van der Waals surface area contributed by atoms with Crippen molar-refractivity contribution in [2.24, 2.45) is 5.73 Å². The van der Waals surface area contributed by atoms with Crippen LogP contribution in [-0.4, -0.2) is 23.7 Å². The quantitative estimate of drug-likeness (QED) is 0.884. The van der Waals surface area contributed by atoms with E-state index in [9.17, 15) is 4.79 Å². The second kappa shape index (κ2) is 5.53. The molecule has 114 valence electrons. The summed E-state index contributed by atoms with van der Waals surface area (Å²) in [6.07, 6.45) is 0.488. The Bertz CT molecular complexity index is 665. The van der Waals surface area contributed by atoms with E-state index < -0.39 is 6.04 Å². The third-order valence-corrected chi connectivity index (χ3v) is 3.84. The van der Waals surface area contributed by atoms with Gasteiger partial charge in [0.2, 0.25) is 0 Å². The monoisotopic (exact) mass is 288 g/mol.